The topological polar surface area (TPSA) is 26.0 Å². The highest BCUT2D eigenvalue weighted by atomic mass is 14.5. The van der Waals surface area contributed by atoms with E-state index in [0.29, 0.717) is 12.5 Å². The van der Waals surface area contributed by atoms with Crippen molar-refractivity contribution in [1.82, 2.24) is 0 Å². The van der Waals surface area contributed by atoms with Crippen molar-refractivity contribution in [3.8, 4) is 0 Å². The Morgan fingerprint density at radius 1 is 1.45 bits per heavy atom. The molecule has 59 valence electrons. The summed E-state index contributed by atoms with van der Waals surface area (Å²) in [7, 11) is 0. The maximum Gasteiger partial charge on any atom is 0.0184 e. The lowest BCUT2D eigenvalue weighted by atomic mass is 10.0. The van der Waals surface area contributed by atoms with Crippen molar-refractivity contribution in [3.05, 3.63) is 35.4 Å². The number of hydrogen-bond donors (Lipinski definition) is 1. The lowest BCUT2D eigenvalue weighted by Crippen LogP contribution is -1.98. The van der Waals surface area contributed by atoms with Crippen LogP contribution in [-0.2, 0) is 6.54 Å². The van der Waals surface area contributed by atoms with Crippen molar-refractivity contribution in [3.63, 3.8) is 0 Å². The number of hydrogen-bond acceptors (Lipinski definition) is 1. The van der Waals surface area contributed by atoms with Gasteiger partial charge in [-0.2, -0.15) is 0 Å². The summed E-state index contributed by atoms with van der Waals surface area (Å²) in [6, 6.07) is 9.40. The van der Waals surface area contributed by atoms with Crippen LogP contribution in [0.4, 0.5) is 0 Å². The van der Waals surface area contributed by atoms with E-state index in [1.54, 1.807) is 0 Å². The average molecular weight is 148 g/mol. The molecule has 1 nitrogen and oxygen atoms in total. The highest BCUT2D eigenvalue weighted by Gasteiger charge is 1.98. The first-order valence-electron chi connectivity index (χ1n) is 3.95. The van der Waals surface area contributed by atoms with Gasteiger partial charge in [0.05, 0.1) is 0 Å². The molecular formula is C10H14N. The zero-order chi connectivity index (χ0) is 8.27. The Morgan fingerprint density at radius 3 is 2.73 bits per heavy atom. The third-order valence-electron chi connectivity index (χ3n) is 1.72. The molecule has 0 unspecified atom stereocenters. The first-order chi connectivity index (χ1) is 5.24. The molecule has 1 aromatic carbocycles. The van der Waals surface area contributed by atoms with Crippen LogP contribution in [0, 0.1) is 6.07 Å². The minimum atomic E-state index is 0.543. The van der Waals surface area contributed by atoms with E-state index in [1.165, 1.54) is 5.56 Å². The Bertz CT molecular complexity index is 228. The first kappa shape index (κ1) is 8.28. The molecule has 1 heteroatoms. The summed E-state index contributed by atoms with van der Waals surface area (Å²) < 4.78 is 0. The molecule has 1 radical (unpaired) electrons. The van der Waals surface area contributed by atoms with E-state index in [9.17, 15) is 0 Å². The first-order valence-corrected chi connectivity index (χ1v) is 3.95. The minimum absolute atomic E-state index is 0.543. The van der Waals surface area contributed by atoms with Crippen LogP contribution in [0.1, 0.15) is 30.9 Å². The largest absolute Gasteiger partial charge is 0.326 e. The Balaban J connectivity index is 2.91. The van der Waals surface area contributed by atoms with E-state index >= 15 is 0 Å². The molecule has 0 spiro atoms. The lowest BCUT2D eigenvalue weighted by molar-refractivity contribution is 0.859. The summed E-state index contributed by atoms with van der Waals surface area (Å²) >= 11 is 0. The van der Waals surface area contributed by atoms with Gasteiger partial charge in [-0.1, -0.05) is 32.0 Å². The van der Waals surface area contributed by atoms with E-state index < -0.39 is 0 Å². The van der Waals surface area contributed by atoms with E-state index in [-0.39, 0.29) is 0 Å². The van der Waals surface area contributed by atoms with Gasteiger partial charge in [-0.3, -0.25) is 0 Å². The van der Waals surface area contributed by atoms with Crippen molar-refractivity contribution in [2.75, 3.05) is 0 Å². The van der Waals surface area contributed by atoms with Crippen LogP contribution in [0.2, 0.25) is 0 Å². The standard InChI is InChI=1S/C10H14N/c1-8(2)10-5-3-4-9(6-10)7-11/h3-5,8H,7,11H2,1-2H3. The second-order valence-corrected chi connectivity index (χ2v) is 2.99. The second kappa shape index (κ2) is 3.54. The second-order valence-electron chi connectivity index (χ2n) is 2.99. The van der Waals surface area contributed by atoms with Gasteiger partial charge in [0, 0.05) is 6.54 Å². The van der Waals surface area contributed by atoms with Gasteiger partial charge in [-0.25, -0.2) is 0 Å². The molecule has 0 aliphatic heterocycles. The van der Waals surface area contributed by atoms with Crippen molar-refractivity contribution in [1.29, 1.82) is 0 Å². The summed E-state index contributed by atoms with van der Waals surface area (Å²) in [6.45, 7) is 4.90. The van der Waals surface area contributed by atoms with Crippen molar-refractivity contribution in [2.45, 2.75) is 26.3 Å². The number of benzene rings is 1. The fourth-order valence-electron chi connectivity index (χ4n) is 0.993. The third kappa shape index (κ3) is 2.05. The average Bonchev–Trinajstić information content (AvgIpc) is 2.05. The number of rotatable bonds is 2. The van der Waals surface area contributed by atoms with Crippen LogP contribution in [0.5, 0.6) is 0 Å². The molecule has 0 fully saturated rings. The molecule has 0 aliphatic rings. The summed E-state index contributed by atoms with van der Waals surface area (Å²) in [5.74, 6) is 0.543. The van der Waals surface area contributed by atoms with Crippen LogP contribution in [0.15, 0.2) is 18.2 Å². The van der Waals surface area contributed by atoms with E-state index in [1.807, 2.05) is 12.1 Å². The normalized spacial score (nSPS) is 10.5. The van der Waals surface area contributed by atoms with E-state index in [4.69, 9.17) is 5.73 Å². The van der Waals surface area contributed by atoms with Gasteiger partial charge in [0.1, 0.15) is 0 Å². The fourth-order valence-corrected chi connectivity index (χ4v) is 0.993. The van der Waals surface area contributed by atoms with Gasteiger partial charge < -0.3 is 5.73 Å². The van der Waals surface area contributed by atoms with Crippen LogP contribution in [0.3, 0.4) is 0 Å². The maximum atomic E-state index is 5.49. The minimum Gasteiger partial charge on any atom is -0.326 e. The zero-order valence-electron chi connectivity index (χ0n) is 7.09. The quantitative estimate of drug-likeness (QED) is 0.682. The molecule has 1 aromatic rings. The van der Waals surface area contributed by atoms with Crippen LogP contribution >= 0.6 is 0 Å². The van der Waals surface area contributed by atoms with Crippen molar-refractivity contribution >= 4 is 0 Å². The molecule has 0 saturated heterocycles. The molecule has 0 atom stereocenters. The summed E-state index contributed by atoms with van der Waals surface area (Å²) in [5, 5.41) is 0. The van der Waals surface area contributed by atoms with Crippen molar-refractivity contribution in [2.24, 2.45) is 5.73 Å². The monoisotopic (exact) mass is 148 g/mol. The predicted octanol–water partition coefficient (Wildman–Crippen LogP) is 2.07. The molecule has 11 heavy (non-hydrogen) atoms. The van der Waals surface area contributed by atoms with Crippen LogP contribution in [0.25, 0.3) is 0 Å². The molecule has 0 aromatic heterocycles. The van der Waals surface area contributed by atoms with E-state index in [2.05, 4.69) is 26.0 Å². The van der Waals surface area contributed by atoms with Gasteiger partial charge in [-0.05, 0) is 23.1 Å². The predicted molar refractivity (Wildman–Crippen MR) is 47.3 cm³/mol. The highest BCUT2D eigenvalue weighted by Crippen LogP contribution is 2.14. The summed E-state index contributed by atoms with van der Waals surface area (Å²) in [5.41, 5.74) is 7.82. The molecule has 0 aliphatic carbocycles. The fraction of sp³-hybridized carbons (Fsp3) is 0.400. The molecule has 0 heterocycles. The van der Waals surface area contributed by atoms with Crippen LogP contribution in [-0.4, -0.2) is 0 Å². The van der Waals surface area contributed by atoms with Crippen LogP contribution < -0.4 is 5.73 Å². The SMILES string of the molecule is CC(C)c1[c]c(CN)ccc1. The third-order valence-corrected chi connectivity index (χ3v) is 1.72. The Labute approximate surface area is 68.2 Å². The molecule has 2 N–H and O–H groups in total. The van der Waals surface area contributed by atoms with E-state index in [0.717, 1.165) is 5.56 Å². The molecule has 0 amide bonds. The van der Waals surface area contributed by atoms with Gasteiger partial charge >= 0.3 is 0 Å². The Hall–Kier alpha value is -0.820. The molecule has 1 rings (SSSR count). The Kier molecular flexibility index (Phi) is 2.66. The highest BCUT2D eigenvalue weighted by molar-refractivity contribution is 5.23. The smallest absolute Gasteiger partial charge is 0.0184 e. The Morgan fingerprint density at radius 2 is 2.18 bits per heavy atom. The lowest BCUT2D eigenvalue weighted by Gasteiger charge is -2.05. The molecular weight excluding hydrogens is 134 g/mol. The molecule has 0 bridgehead atoms. The van der Waals surface area contributed by atoms with Crippen molar-refractivity contribution < 1.29 is 0 Å². The molecule has 0 saturated carbocycles. The zero-order valence-corrected chi connectivity index (χ0v) is 7.09. The maximum absolute atomic E-state index is 5.49. The van der Waals surface area contributed by atoms with Gasteiger partial charge in [0.25, 0.3) is 0 Å². The number of nitrogens with two attached hydrogens (primary N) is 1. The summed E-state index contributed by atoms with van der Waals surface area (Å²) in [4.78, 5) is 0. The van der Waals surface area contributed by atoms with Gasteiger partial charge in [-0.15, -0.1) is 0 Å². The van der Waals surface area contributed by atoms with Gasteiger partial charge in [0.2, 0.25) is 0 Å². The summed E-state index contributed by atoms with van der Waals surface area (Å²) in [6.07, 6.45) is 0. The van der Waals surface area contributed by atoms with Gasteiger partial charge in [0.15, 0.2) is 0 Å².